The van der Waals surface area contributed by atoms with Gasteiger partial charge in [-0.1, -0.05) is 26.2 Å². The lowest BCUT2D eigenvalue weighted by Crippen LogP contribution is -2.32. The highest BCUT2D eigenvalue weighted by atomic mass is 16.1. The van der Waals surface area contributed by atoms with Gasteiger partial charge in [0.05, 0.1) is 0 Å². The van der Waals surface area contributed by atoms with Crippen LogP contribution >= 0.6 is 0 Å². The van der Waals surface area contributed by atoms with Gasteiger partial charge in [-0.15, -0.1) is 0 Å². The second-order valence-electron chi connectivity index (χ2n) is 4.74. The molecule has 1 atom stereocenters. The molecule has 98 valence electrons. The lowest BCUT2D eigenvalue weighted by molar-refractivity contribution is 0.466. The molecule has 17 heavy (non-hydrogen) atoms. The standard InChI is InChI=1S/C13H25N3O/c1-4-5-6-7-12(2)14-8-9-16-11-10-15(3)13(16)17/h10-12,14H,4-9H2,1-3H3. The van der Waals surface area contributed by atoms with E-state index in [2.05, 4.69) is 19.2 Å². The Balaban J connectivity index is 2.19. The Hall–Kier alpha value is -1.03. The Morgan fingerprint density at radius 2 is 2.12 bits per heavy atom. The maximum atomic E-state index is 11.6. The first-order valence-electron chi connectivity index (χ1n) is 6.60. The molecule has 1 unspecified atom stereocenters. The van der Waals surface area contributed by atoms with Crippen LogP contribution in [0.25, 0.3) is 0 Å². The van der Waals surface area contributed by atoms with Gasteiger partial charge in [0.15, 0.2) is 0 Å². The summed E-state index contributed by atoms with van der Waals surface area (Å²) < 4.78 is 3.34. The van der Waals surface area contributed by atoms with Gasteiger partial charge in [0.25, 0.3) is 0 Å². The van der Waals surface area contributed by atoms with Crippen molar-refractivity contribution in [1.82, 2.24) is 14.5 Å². The van der Waals surface area contributed by atoms with Gasteiger partial charge < -0.3 is 9.88 Å². The third kappa shape index (κ3) is 4.77. The number of aryl methyl sites for hydroxylation is 1. The Morgan fingerprint density at radius 1 is 1.35 bits per heavy atom. The molecule has 1 heterocycles. The van der Waals surface area contributed by atoms with E-state index in [9.17, 15) is 4.79 Å². The summed E-state index contributed by atoms with van der Waals surface area (Å²) in [5.74, 6) is 0. The molecule has 0 aliphatic rings. The summed E-state index contributed by atoms with van der Waals surface area (Å²) in [7, 11) is 1.78. The van der Waals surface area contributed by atoms with Crippen molar-refractivity contribution < 1.29 is 0 Å². The summed E-state index contributed by atoms with van der Waals surface area (Å²) in [5.41, 5.74) is 0.0606. The van der Waals surface area contributed by atoms with E-state index in [4.69, 9.17) is 0 Å². The lowest BCUT2D eigenvalue weighted by Gasteiger charge is -2.13. The highest BCUT2D eigenvalue weighted by Crippen LogP contribution is 2.02. The number of aromatic nitrogens is 2. The van der Waals surface area contributed by atoms with E-state index in [-0.39, 0.29) is 5.69 Å². The minimum Gasteiger partial charge on any atom is -0.312 e. The zero-order chi connectivity index (χ0) is 12.7. The second-order valence-corrected chi connectivity index (χ2v) is 4.74. The smallest absolute Gasteiger partial charge is 0.312 e. The highest BCUT2D eigenvalue weighted by Gasteiger charge is 2.02. The second kappa shape index (κ2) is 7.33. The van der Waals surface area contributed by atoms with Gasteiger partial charge >= 0.3 is 5.69 Å². The minimum absolute atomic E-state index is 0.0606. The molecule has 0 saturated heterocycles. The Morgan fingerprint density at radius 3 is 2.71 bits per heavy atom. The van der Waals surface area contributed by atoms with Crippen molar-refractivity contribution in [2.24, 2.45) is 7.05 Å². The zero-order valence-electron chi connectivity index (χ0n) is 11.3. The topological polar surface area (TPSA) is 39.0 Å². The van der Waals surface area contributed by atoms with E-state index in [1.54, 1.807) is 22.4 Å². The fraction of sp³-hybridized carbons (Fsp3) is 0.769. The average molecular weight is 239 g/mol. The first kappa shape index (κ1) is 14.0. The van der Waals surface area contributed by atoms with Gasteiger partial charge in [-0.3, -0.25) is 4.57 Å². The predicted molar refractivity (Wildman–Crippen MR) is 71.3 cm³/mol. The number of unbranched alkanes of at least 4 members (excludes halogenated alkanes) is 2. The molecule has 1 aromatic rings. The lowest BCUT2D eigenvalue weighted by atomic mass is 10.1. The Labute approximate surface area is 104 Å². The van der Waals surface area contributed by atoms with Crippen molar-refractivity contribution in [2.45, 2.75) is 52.1 Å². The molecule has 0 amide bonds. The maximum Gasteiger partial charge on any atom is 0.327 e. The molecule has 1 aromatic heterocycles. The number of imidazole rings is 1. The van der Waals surface area contributed by atoms with Crippen LogP contribution in [0.1, 0.15) is 39.5 Å². The number of rotatable bonds is 8. The molecule has 1 N–H and O–H groups in total. The van der Waals surface area contributed by atoms with Crippen molar-refractivity contribution in [3.63, 3.8) is 0 Å². The van der Waals surface area contributed by atoms with Crippen molar-refractivity contribution in [1.29, 1.82) is 0 Å². The molecule has 0 radical (unpaired) electrons. The van der Waals surface area contributed by atoms with Crippen molar-refractivity contribution in [3.8, 4) is 0 Å². The molecule has 0 aliphatic carbocycles. The van der Waals surface area contributed by atoms with Crippen LogP contribution in [-0.2, 0) is 13.6 Å². The van der Waals surface area contributed by atoms with Crippen LogP contribution in [0.3, 0.4) is 0 Å². The first-order valence-corrected chi connectivity index (χ1v) is 6.60. The van der Waals surface area contributed by atoms with E-state index in [1.807, 2.05) is 6.20 Å². The van der Waals surface area contributed by atoms with E-state index in [0.29, 0.717) is 6.04 Å². The van der Waals surface area contributed by atoms with Crippen LogP contribution < -0.4 is 11.0 Å². The van der Waals surface area contributed by atoms with E-state index >= 15 is 0 Å². The summed E-state index contributed by atoms with van der Waals surface area (Å²) in [6.45, 7) is 6.04. The average Bonchev–Trinajstić information content (AvgIpc) is 2.61. The third-order valence-corrected chi connectivity index (χ3v) is 3.10. The fourth-order valence-electron chi connectivity index (χ4n) is 1.91. The van der Waals surface area contributed by atoms with Gasteiger partial charge in [-0.25, -0.2) is 4.79 Å². The molecular weight excluding hydrogens is 214 g/mol. The van der Waals surface area contributed by atoms with Crippen LogP contribution in [0, 0.1) is 0 Å². The van der Waals surface area contributed by atoms with E-state index < -0.39 is 0 Å². The molecular formula is C13H25N3O. The molecule has 4 heteroatoms. The molecule has 0 aromatic carbocycles. The Kier molecular flexibility index (Phi) is 6.05. The predicted octanol–water partition coefficient (Wildman–Crippen LogP) is 1.75. The summed E-state index contributed by atoms with van der Waals surface area (Å²) in [6, 6.07) is 0.543. The maximum absolute atomic E-state index is 11.6. The molecule has 0 saturated carbocycles. The molecule has 1 rings (SSSR count). The highest BCUT2D eigenvalue weighted by molar-refractivity contribution is 4.80. The number of nitrogens with one attached hydrogen (secondary N) is 1. The molecule has 0 aliphatic heterocycles. The van der Waals surface area contributed by atoms with Gasteiger partial charge in [0.2, 0.25) is 0 Å². The summed E-state index contributed by atoms with van der Waals surface area (Å²) in [5, 5.41) is 3.46. The largest absolute Gasteiger partial charge is 0.327 e. The van der Waals surface area contributed by atoms with Crippen molar-refractivity contribution >= 4 is 0 Å². The third-order valence-electron chi connectivity index (χ3n) is 3.10. The molecule has 0 fully saturated rings. The Bertz CT molecular complexity index is 367. The SMILES string of the molecule is CCCCCC(C)NCCn1ccn(C)c1=O. The molecule has 0 spiro atoms. The quantitative estimate of drug-likeness (QED) is 0.702. The van der Waals surface area contributed by atoms with Crippen LogP contribution in [0.4, 0.5) is 0 Å². The van der Waals surface area contributed by atoms with E-state index in [0.717, 1.165) is 13.1 Å². The van der Waals surface area contributed by atoms with Crippen LogP contribution in [0.5, 0.6) is 0 Å². The van der Waals surface area contributed by atoms with E-state index in [1.165, 1.54) is 25.7 Å². The van der Waals surface area contributed by atoms with Crippen LogP contribution in [0.2, 0.25) is 0 Å². The van der Waals surface area contributed by atoms with Gasteiger partial charge in [-0.2, -0.15) is 0 Å². The van der Waals surface area contributed by atoms with Crippen LogP contribution in [0.15, 0.2) is 17.2 Å². The molecule has 4 nitrogen and oxygen atoms in total. The van der Waals surface area contributed by atoms with Gasteiger partial charge in [0, 0.05) is 38.6 Å². The van der Waals surface area contributed by atoms with Gasteiger partial charge in [0.1, 0.15) is 0 Å². The zero-order valence-corrected chi connectivity index (χ0v) is 11.3. The normalized spacial score (nSPS) is 12.9. The number of hydrogen-bond donors (Lipinski definition) is 1. The number of hydrogen-bond acceptors (Lipinski definition) is 2. The summed E-state index contributed by atoms with van der Waals surface area (Å²) in [6.07, 6.45) is 8.72. The van der Waals surface area contributed by atoms with Crippen LogP contribution in [-0.4, -0.2) is 21.7 Å². The summed E-state index contributed by atoms with van der Waals surface area (Å²) in [4.78, 5) is 11.6. The monoisotopic (exact) mass is 239 g/mol. The fourth-order valence-corrected chi connectivity index (χ4v) is 1.91. The number of nitrogens with zero attached hydrogens (tertiary/aromatic N) is 2. The van der Waals surface area contributed by atoms with Crippen molar-refractivity contribution in [2.75, 3.05) is 6.54 Å². The minimum atomic E-state index is 0.0606. The van der Waals surface area contributed by atoms with Gasteiger partial charge in [-0.05, 0) is 13.3 Å². The molecule has 0 bridgehead atoms. The summed E-state index contributed by atoms with van der Waals surface area (Å²) >= 11 is 0. The van der Waals surface area contributed by atoms with Crippen molar-refractivity contribution in [3.05, 3.63) is 22.9 Å². The first-order chi connectivity index (χ1) is 8.15.